The van der Waals surface area contributed by atoms with Crippen LogP contribution >= 0.6 is 0 Å². The summed E-state index contributed by atoms with van der Waals surface area (Å²) in [6.45, 7) is 2.21. The van der Waals surface area contributed by atoms with Crippen LogP contribution in [0.1, 0.15) is 29.3 Å². The van der Waals surface area contributed by atoms with Gasteiger partial charge in [-0.15, -0.1) is 0 Å². The molecule has 0 aliphatic heterocycles. The lowest BCUT2D eigenvalue weighted by Gasteiger charge is -2.09. The van der Waals surface area contributed by atoms with Crippen LogP contribution in [-0.2, 0) is 6.18 Å². The van der Waals surface area contributed by atoms with Gasteiger partial charge in [0.1, 0.15) is 0 Å². The quantitative estimate of drug-likeness (QED) is 0.871. The molecule has 1 rings (SSSR count). The van der Waals surface area contributed by atoms with Crippen molar-refractivity contribution in [3.8, 4) is 0 Å². The highest BCUT2D eigenvalue weighted by molar-refractivity contribution is 5.94. The first kappa shape index (κ1) is 14.5. The van der Waals surface area contributed by atoms with Crippen molar-refractivity contribution in [3.63, 3.8) is 0 Å². The smallest absolute Gasteiger partial charge is 0.352 e. The molecule has 0 bridgehead atoms. The molecule has 0 aliphatic carbocycles. The number of rotatable bonds is 4. The monoisotopic (exact) mass is 260 g/mol. The standard InChI is InChI=1S/C12H15F3N2O/c1-8(16)6-7-17-11(18)9-2-4-10(5-3-9)12(13,14)15/h2-5,8H,6-7,16H2,1H3,(H,17,18). The van der Waals surface area contributed by atoms with Gasteiger partial charge in [-0.25, -0.2) is 0 Å². The highest BCUT2D eigenvalue weighted by Crippen LogP contribution is 2.28. The largest absolute Gasteiger partial charge is 0.416 e. The van der Waals surface area contributed by atoms with Gasteiger partial charge in [0.05, 0.1) is 5.56 Å². The second-order valence-electron chi connectivity index (χ2n) is 4.10. The van der Waals surface area contributed by atoms with Crippen LogP contribution in [0.4, 0.5) is 13.2 Å². The fraction of sp³-hybridized carbons (Fsp3) is 0.417. The second kappa shape index (κ2) is 5.86. The van der Waals surface area contributed by atoms with Crippen molar-refractivity contribution in [2.45, 2.75) is 25.6 Å². The molecule has 1 aromatic rings. The van der Waals surface area contributed by atoms with Crippen LogP contribution in [0.5, 0.6) is 0 Å². The van der Waals surface area contributed by atoms with Gasteiger partial charge in [0.2, 0.25) is 0 Å². The SMILES string of the molecule is CC(N)CCNC(=O)c1ccc(C(F)(F)F)cc1. The number of alkyl halides is 3. The molecule has 1 aromatic carbocycles. The molecule has 100 valence electrons. The summed E-state index contributed by atoms with van der Waals surface area (Å²) in [6.07, 6.45) is -3.77. The predicted octanol–water partition coefficient (Wildman–Crippen LogP) is 2.17. The molecule has 1 atom stereocenters. The lowest BCUT2D eigenvalue weighted by molar-refractivity contribution is -0.137. The summed E-state index contributed by atoms with van der Waals surface area (Å²) in [5.74, 6) is -0.399. The molecular formula is C12H15F3N2O. The van der Waals surface area contributed by atoms with E-state index in [-0.39, 0.29) is 11.6 Å². The minimum Gasteiger partial charge on any atom is -0.352 e. The topological polar surface area (TPSA) is 55.1 Å². The van der Waals surface area contributed by atoms with Crippen LogP contribution in [0.25, 0.3) is 0 Å². The van der Waals surface area contributed by atoms with Crippen molar-refractivity contribution >= 4 is 5.91 Å². The van der Waals surface area contributed by atoms with Gasteiger partial charge in [-0.2, -0.15) is 13.2 Å². The Kier molecular flexibility index (Phi) is 4.72. The van der Waals surface area contributed by atoms with E-state index in [1.165, 1.54) is 0 Å². The van der Waals surface area contributed by atoms with Crippen molar-refractivity contribution in [1.82, 2.24) is 5.32 Å². The molecule has 0 saturated heterocycles. The fourth-order valence-corrected chi connectivity index (χ4v) is 1.33. The van der Waals surface area contributed by atoms with Gasteiger partial charge in [-0.3, -0.25) is 4.79 Å². The summed E-state index contributed by atoms with van der Waals surface area (Å²) in [6, 6.07) is 4.06. The zero-order valence-corrected chi connectivity index (χ0v) is 9.92. The molecule has 0 radical (unpaired) electrons. The number of nitrogens with one attached hydrogen (secondary N) is 1. The Morgan fingerprint density at radius 1 is 1.33 bits per heavy atom. The summed E-state index contributed by atoms with van der Waals surface area (Å²) < 4.78 is 36.9. The predicted molar refractivity (Wildman–Crippen MR) is 62.0 cm³/mol. The van der Waals surface area contributed by atoms with Crippen LogP contribution in [0, 0.1) is 0 Å². The molecule has 18 heavy (non-hydrogen) atoms. The van der Waals surface area contributed by atoms with Crippen molar-refractivity contribution in [2.24, 2.45) is 5.73 Å². The Hall–Kier alpha value is -1.56. The maximum Gasteiger partial charge on any atom is 0.416 e. The van der Waals surface area contributed by atoms with E-state index in [9.17, 15) is 18.0 Å². The van der Waals surface area contributed by atoms with E-state index in [0.29, 0.717) is 13.0 Å². The third kappa shape index (κ3) is 4.37. The van der Waals surface area contributed by atoms with Crippen LogP contribution < -0.4 is 11.1 Å². The van der Waals surface area contributed by atoms with E-state index in [1.807, 2.05) is 6.92 Å². The highest BCUT2D eigenvalue weighted by Gasteiger charge is 2.30. The summed E-state index contributed by atoms with van der Waals surface area (Å²) in [4.78, 5) is 11.6. The van der Waals surface area contributed by atoms with E-state index < -0.39 is 17.6 Å². The summed E-state index contributed by atoms with van der Waals surface area (Å²) in [5.41, 5.74) is 4.94. The Bertz CT molecular complexity index is 399. The van der Waals surface area contributed by atoms with Crippen LogP contribution in [0.2, 0.25) is 0 Å². The number of benzene rings is 1. The molecule has 0 aromatic heterocycles. The van der Waals surface area contributed by atoms with E-state index >= 15 is 0 Å². The van der Waals surface area contributed by atoms with Crippen molar-refractivity contribution in [1.29, 1.82) is 0 Å². The molecular weight excluding hydrogens is 245 g/mol. The maximum absolute atomic E-state index is 12.3. The Morgan fingerprint density at radius 3 is 2.33 bits per heavy atom. The average Bonchev–Trinajstić information content (AvgIpc) is 2.27. The van der Waals surface area contributed by atoms with Crippen molar-refractivity contribution in [3.05, 3.63) is 35.4 Å². The lowest BCUT2D eigenvalue weighted by atomic mass is 10.1. The van der Waals surface area contributed by atoms with Crippen LogP contribution in [0.15, 0.2) is 24.3 Å². The fourth-order valence-electron chi connectivity index (χ4n) is 1.33. The van der Waals surface area contributed by atoms with Gasteiger partial charge in [0.15, 0.2) is 0 Å². The highest BCUT2D eigenvalue weighted by atomic mass is 19.4. The first-order valence-electron chi connectivity index (χ1n) is 5.51. The van der Waals surface area contributed by atoms with E-state index in [4.69, 9.17) is 5.73 Å². The number of nitrogens with two attached hydrogens (primary N) is 1. The second-order valence-corrected chi connectivity index (χ2v) is 4.10. The molecule has 0 spiro atoms. The molecule has 0 fully saturated rings. The van der Waals surface area contributed by atoms with E-state index in [1.54, 1.807) is 0 Å². The molecule has 0 saturated carbocycles. The van der Waals surface area contributed by atoms with E-state index in [2.05, 4.69) is 5.32 Å². The van der Waals surface area contributed by atoms with Crippen LogP contribution in [0.3, 0.4) is 0 Å². The van der Waals surface area contributed by atoms with Gasteiger partial charge >= 0.3 is 6.18 Å². The third-order valence-corrected chi connectivity index (χ3v) is 2.36. The van der Waals surface area contributed by atoms with Gasteiger partial charge in [0, 0.05) is 18.2 Å². The number of hydrogen-bond acceptors (Lipinski definition) is 2. The first-order valence-corrected chi connectivity index (χ1v) is 5.51. The average molecular weight is 260 g/mol. The molecule has 0 heterocycles. The zero-order valence-electron chi connectivity index (χ0n) is 9.92. The number of amides is 1. The van der Waals surface area contributed by atoms with Gasteiger partial charge < -0.3 is 11.1 Å². The Balaban J connectivity index is 2.60. The molecule has 1 amide bonds. The summed E-state index contributed by atoms with van der Waals surface area (Å²) >= 11 is 0. The minimum absolute atomic E-state index is 0.0297. The maximum atomic E-state index is 12.3. The third-order valence-electron chi connectivity index (χ3n) is 2.36. The Labute approximate surface area is 103 Å². The molecule has 3 N–H and O–H groups in total. The van der Waals surface area contributed by atoms with Gasteiger partial charge in [0.25, 0.3) is 5.91 Å². The summed E-state index contributed by atoms with van der Waals surface area (Å²) in [5, 5.41) is 2.59. The van der Waals surface area contributed by atoms with Gasteiger partial charge in [-0.1, -0.05) is 0 Å². The number of hydrogen-bond donors (Lipinski definition) is 2. The minimum atomic E-state index is -4.38. The van der Waals surface area contributed by atoms with E-state index in [0.717, 1.165) is 24.3 Å². The lowest BCUT2D eigenvalue weighted by Crippen LogP contribution is -2.28. The number of halogens is 3. The molecule has 0 aliphatic rings. The zero-order chi connectivity index (χ0) is 13.8. The molecule has 3 nitrogen and oxygen atoms in total. The normalized spacial score (nSPS) is 13.2. The Morgan fingerprint density at radius 2 is 1.89 bits per heavy atom. The first-order chi connectivity index (χ1) is 8.30. The molecule has 1 unspecified atom stereocenters. The molecule has 6 heteroatoms. The van der Waals surface area contributed by atoms with Crippen LogP contribution in [-0.4, -0.2) is 18.5 Å². The van der Waals surface area contributed by atoms with Crippen molar-refractivity contribution < 1.29 is 18.0 Å². The van der Waals surface area contributed by atoms with Crippen molar-refractivity contribution in [2.75, 3.05) is 6.54 Å². The van der Waals surface area contributed by atoms with Gasteiger partial charge in [-0.05, 0) is 37.6 Å². The number of carbonyl (C=O) groups excluding carboxylic acids is 1. The number of carbonyl (C=O) groups is 1. The summed E-state index contributed by atoms with van der Waals surface area (Å²) in [7, 11) is 0.